The number of rotatable bonds is 6. The van der Waals surface area contributed by atoms with Crippen molar-refractivity contribution in [2.24, 2.45) is 5.73 Å². The number of carbonyl (C=O) groups excluding carboxylic acids is 2. The molecule has 1 aromatic rings. The highest BCUT2D eigenvalue weighted by Crippen LogP contribution is 2.24. The molecule has 116 valence electrons. The number of amides is 2. The molecule has 0 aromatic heterocycles. The number of nitrogens with one attached hydrogen (secondary N) is 2. The topological polar surface area (TPSA) is 84.2 Å². The van der Waals surface area contributed by atoms with Crippen molar-refractivity contribution >= 4 is 41.5 Å². The molecule has 1 saturated carbocycles. The molecule has 0 bridgehead atoms. The van der Waals surface area contributed by atoms with Gasteiger partial charge in [0.2, 0.25) is 5.91 Å². The Kier molecular flexibility index (Phi) is 6.95. The smallest absolute Gasteiger partial charge is 0.253 e. The monoisotopic (exact) mass is 331 g/mol. The maximum atomic E-state index is 12.0. The van der Waals surface area contributed by atoms with E-state index in [1.807, 2.05) is 0 Å². The van der Waals surface area contributed by atoms with Crippen molar-refractivity contribution in [2.45, 2.75) is 31.7 Å². The van der Waals surface area contributed by atoms with E-state index in [9.17, 15) is 9.59 Å². The summed E-state index contributed by atoms with van der Waals surface area (Å²) in [4.78, 5) is 23.6. The summed E-state index contributed by atoms with van der Waals surface area (Å²) in [5.74, 6) is -0.318. The molecule has 0 unspecified atom stereocenters. The number of hydrogen-bond acceptors (Lipinski definition) is 3. The average Bonchev–Trinajstić information content (AvgIpc) is 3.22. The molecule has 2 amide bonds. The fourth-order valence-electron chi connectivity index (χ4n) is 1.75. The third-order valence-electron chi connectivity index (χ3n) is 3.02. The van der Waals surface area contributed by atoms with Gasteiger partial charge >= 0.3 is 0 Å². The van der Waals surface area contributed by atoms with Gasteiger partial charge in [0.1, 0.15) is 0 Å². The van der Waals surface area contributed by atoms with Crippen LogP contribution in [0.3, 0.4) is 0 Å². The second-order valence-corrected chi connectivity index (χ2v) is 5.29. The molecular weight excluding hydrogens is 313 g/mol. The van der Waals surface area contributed by atoms with Crippen molar-refractivity contribution in [2.75, 3.05) is 11.9 Å². The van der Waals surface area contributed by atoms with E-state index < -0.39 is 0 Å². The van der Waals surface area contributed by atoms with Crippen LogP contribution in [0.4, 0.5) is 5.69 Å². The van der Waals surface area contributed by atoms with Crippen LogP contribution in [0.1, 0.15) is 36.0 Å². The average molecular weight is 332 g/mol. The molecule has 1 aromatic carbocycles. The number of halogens is 2. The lowest BCUT2D eigenvalue weighted by molar-refractivity contribution is -0.116. The molecule has 1 aliphatic carbocycles. The Hall–Kier alpha value is -1.30. The van der Waals surface area contributed by atoms with Crippen molar-refractivity contribution in [1.29, 1.82) is 0 Å². The summed E-state index contributed by atoms with van der Waals surface area (Å²) in [6, 6.07) is 5.15. The summed E-state index contributed by atoms with van der Waals surface area (Å²) in [7, 11) is 0. The summed E-state index contributed by atoms with van der Waals surface area (Å²) < 4.78 is 0. The van der Waals surface area contributed by atoms with E-state index in [2.05, 4.69) is 10.6 Å². The van der Waals surface area contributed by atoms with Gasteiger partial charge in [0.05, 0.1) is 10.6 Å². The summed E-state index contributed by atoms with van der Waals surface area (Å²) in [5, 5.41) is 5.99. The Morgan fingerprint density at radius 1 is 1.33 bits per heavy atom. The molecule has 0 radical (unpaired) electrons. The maximum Gasteiger partial charge on any atom is 0.253 e. The second-order valence-electron chi connectivity index (χ2n) is 4.88. The van der Waals surface area contributed by atoms with E-state index >= 15 is 0 Å². The lowest BCUT2D eigenvalue weighted by Crippen LogP contribution is -2.25. The predicted molar refractivity (Wildman–Crippen MR) is 86.1 cm³/mol. The highest BCUT2D eigenvalue weighted by Gasteiger charge is 2.24. The van der Waals surface area contributed by atoms with E-state index in [4.69, 9.17) is 17.3 Å². The summed E-state index contributed by atoms with van der Waals surface area (Å²) in [5.41, 5.74) is 6.31. The molecular formula is C14H19Cl2N3O2. The van der Waals surface area contributed by atoms with Crippen LogP contribution in [0.25, 0.3) is 0 Å². The minimum Gasteiger partial charge on any atom is -0.349 e. The first-order chi connectivity index (χ1) is 9.60. The predicted octanol–water partition coefficient (Wildman–Crippen LogP) is 2.33. The van der Waals surface area contributed by atoms with Gasteiger partial charge in [-0.15, -0.1) is 12.4 Å². The van der Waals surface area contributed by atoms with Gasteiger partial charge in [-0.25, -0.2) is 0 Å². The number of nitrogens with two attached hydrogens (primary N) is 1. The third-order valence-corrected chi connectivity index (χ3v) is 3.34. The zero-order valence-corrected chi connectivity index (χ0v) is 13.1. The number of carbonyl (C=O) groups is 2. The maximum absolute atomic E-state index is 12.0. The molecule has 4 N–H and O–H groups in total. The second kappa shape index (κ2) is 8.22. The fourth-order valence-corrected chi connectivity index (χ4v) is 1.96. The minimum atomic E-state index is -0.199. The van der Waals surface area contributed by atoms with Crippen molar-refractivity contribution in [3.05, 3.63) is 28.8 Å². The Bertz CT molecular complexity index is 519. The van der Waals surface area contributed by atoms with Crippen LogP contribution >= 0.6 is 24.0 Å². The molecule has 0 saturated heterocycles. The molecule has 1 aliphatic rings. The van der Waals surface area contributed by atoms with Crippen molar-refractivity contribution in [3.63, 3.8) is 0 Å². The number of benzene rings is 1. The highest BCUT2D eigenvalue weighted by molar-refractivity contribution is 6.34. The third kappa shape index (κ3) is 5.53. The highest BCUT2D eigenvalue weighted by atomic mass is 35.5. The zero-order chi connectivity index (χ0) is 14.5. The lowest BCUT2D eigenvalue weighted by atomic mass is 10.1. The van der Waals surface area contributed by atoms with Gasteiger partial charge in [0.15, 0.2) is 0 Å². The molecule has 0 heterocycles. The number of anilines is 1. The molecule has 1 fully saturated rings. The van der Waals surface area contributed by atoms with Crippen LogP contribution in [-0.4, -0.2) is 24.4 Å². The van der Waals surface area contributed by atoms with Gasteiger partial charge in [-0.3, -0.25) is 9.59 Å². The molecule has 0 spiro atoms. The standard InChI is InChI=1S/C14H18ClN3O2.ClH/c15-12-6-5-10(17-13(19)2-1-7-16)8-11(12)14(20)18-9-3-4-9;/h5-6,8-9H,1-4,7,16H2,(H,17,19)(H,18,20);1H. The Morgan fingerprint density at radius 2 is 2.05 bits per heavy atom. The van der Waals surface area contributed by atoms with Crippen LogP contribution in [0.2, 0.25) is 5.02 Å². The van der Waals surface area contributed by atoms with Gasteiger partial charge in [-0.05, 0) is 44.0 Å². The van der Waals surface area contributed by atoms with Crippen LogP contribution < -0.4 is 16.4 Å². The van der Waals surface area contributed by atoms with Gasteiger partial charge in [0, 0.05) is 18.2 Å². The van der Waals surface area contributed by atoms with E-state index in [1.54, 1.807) is 18.2 Å². The van der Waals surface area contributed by atoms with Crippen molar-refractivity contribution < 1.29 is 9.59 Å². The number of hydrogen-bond donors (Lipinski definition) is 3. The molecule has 0 atom stereocenters. The van der Waals surface area contributed by atoms with Gasteiger partial charge in [-0.1, -0.05) is 11.6 Å². The van der Waals surface area contributed by atoms with E-state index in [0.717, 1.165) is 12.8 Å². The minimum absolute atomic E-state index is 0. The first kappa shape index (κ1) is 17.8. The van der Waals surface area contributed by atoms with E-state index in [-0.39, 0.29) is 30.3 Å². The van der Waals surface area contributed by atoms with Crippen LogP contribution in [0.15, 0.2) is 18.2 Å². The van der Waals surface area contributed by atoms with Crippen LogP contribution in [0.5, 0.6) is 0 Å². The molecule has 0 aliphatic heterocycles. The van der Waals surface area contributed by atoms with Gasteiger partial charge in [-0.2, -0.15) is 0 Å². The van der Waals surface area contributed by atoms with E-state index in [1.165, 1.54) is 0 Å². The Balaban J connectivity index is 0.00000220. The quantitative estimate of drug-likeness (QED) is 0.747. The zero-order valence-electron chi connectivity index (χ0n) is 11.5. The summed E-state index contributed by atoms with van der Waals surface area (Å²) in [6.07, 6.45) is 3.02. The molecule has 21 heavy (non-hydrogen) atoms. The fraction of sp³-hybridized carbons (Fsp3) is 0.429. The summed E-state index contributed by atoms with van der Waals surface area (Å²) >= 11 is 6.03. The summed E-state index contributed by atoms with van der Waals surface area (Å²) in [6.45, 7) is 0.475. The normalized spacial score (nSPS) is 13.2. The van der Waals surface area contributed by atoms with E-state index in [0.29, 0.717) is 35.7 Å². The Morgan fingerprint density at radius 3 is 2.67 bits per heavy atom. The SMILES string of the molecule is Cl.NCCCC(=O)Nc1ccc(Cl)c(C(=O)NC2CC2)c1. The Labute approximate surface area is 135 Å². The van der Waals surface area contributed by atoms with Crippen LogP contribution in [0, 0.1) is 0 Å². The van der Waals surface area contributed by atoms with Crippen molar-refractivity contribution in [3.8, 4) is 0 Å². The first-order valence-electron chi connectivity index (χ1n) is 6.70. The molecule has 5 nitrogen and oxygen atoms in total. The lowest BCUT2D eigenvalue weighted by Gasteiger charge is -2.09. The molecule has 2 rings (SSSR count). The first-order valence-corrected chi connectivity index (χ1v) is 7.08. The van der Waals surface area contributed by atoms with Crippen LogP contribution in [-0.2, 0) is 4.79 Å². The largest absolute Gasteiger partial charge is 0.349 e. The molecule has 7 heteroatoms. The van der Waals surface area contributed by atoms with Gasteiger partial charge in [0.25, 0.3) is 5.91 Å². The van der Waals surface area contributed by atoms with Gasteiger partial charge < -0.3 is 16.4 Å². The van der Waals surface area contributed by atoms with Crippen molar-refractivity contribution in [1.82, 2.24) is 5.32 Å².